The topological polar surface area (TPSA) is 209 Å². The Morgan fingerprint density at radius 2 is 1.59 bits per heavy atom. The fourth-order valence-electron chi connectivity index (χ4n) is 4.06. The van der Waals surface area contributed by atoms with E-state index in [-0.39, 0.29) is 31.1 Å². The van der Waals surface area contributed by atoms with Crippen molar-refractivity contribution in [3.8, 4) is 0 Å². The number of para-hydroxylation sites is 1. The van der Waals surface area contributed by atoms with E-state index in [9.17, 15) is 29.1 Å². The van der Waals surface area contributed by atoms with Crippen LogP contribution in [-0.2, 0) is 30.4 Å². The van der Waals surface area contributed by atoms with E-state index in [0.717, 1.165) is 16.5 Å². The zero-order valence-electron chi connectivity index (χ0n) is 22.8. The highest BCUT2D eigenvalue weighted by Gasteiger charge is 2.33. The molecule has 9 N–H and O–H groups in total. The van der Waals surface area contributed by atoms with Crippen molar-refractivity contribution in [1.29, 1.82) is 0 Å². The summed E-state index contributed by atoms with van der Waals surface area (Å²) in [6.45, 7) is 7.07. The minimum absolute atomic E-state index is 0.0244. The lowest BCUT2D eigenvalue weighted by molar-refractivity contribution is -0.142. The Kier molecular flexibility index (Phi) is 11.5. The van der Waals surface area contributed by atoms with E-state index in [0.29, 0.717) is 6.42 Å². The number of fused-ring (bicyclic) bond motifs is 1. The first-order chi connectivity index (χ1) is 18.3. The molecule has 1 aromatic carbocycles. The Bertz CT molecular complexity index is 1180. The van der Waals surface area contributed by atoms with Gasteiger partial charge in [0.05, 0.1) is 6.04 Å². The number of aromatic nitrogens is 1. The first-order valence-electron chi connectivity index (χ1n) is 13.1. The zero-order chi connectivity index (χ0) is 29.3. The Morgan fingerprint density at radius 3 is 2.18 bits per heavy atom. The van der Waals surface area contributed by atoms with Crippen LogP contribution in [0.15, 0.2) is 30.5 Å². The number of carboxylic acids is 1. The number of rotatable bonds is 15. The third-order valence-corrected chi connectivity index (χ3v) is 6.84. The summed E-state index contributed by atoms with van der Waals surface area (Å²) >= 11 is 0. The number of carbonyl (C=O) groups excluding carboxylic acids is 4. The first kappa shape index (κ1) is 31.3. The second-order valence-corrected chi connectivity index (χ2v) is 10.2. The number of nitrogens with one attached hydrogen (secondary N) is 4. The maximum Gasteiger partial charge on any atom is 0.326 e. The molecule has 12 heteroatoms. The summed E-state index contributed by atoms with van der Waals surface area (Å²) in [6.07, 6.45) is 1.95. The highest BCUT2D eigenvalue weighted by Crippen LogP contribution is 2.19. The molecule has 214 valence electrons. The van der Waals surface area contributed by atoms with E-state index < -0.39 is 53.8 Å². The number of aromatic amines is 1. The van der Waals surface area contributed by atoms with Gasteiger partial charge in [0.15, 0.2) is 0 Å². The molecule has 5 atom stereocenters. The van der Waals surface area contributed by atoms with Gasteiger partial charge in [0, 0.05) is 29.9 Å². The number of primary amides is 1. The smallest absolute Gasteiger partial charge is 0.326 e. The standard InChI is InChI=1S/C27H40N6O6/c1-5-15(4)23(33-24(35)19(10-11-21(28)34)31-25(36)22(29)14(2)3)26(37)32-20(27(38)39)12-16-13-30-18-9-7-6-8-17(16)18/h6-9,13-15,19-20,22-23,30H,5,10-12,29H2,1-4H3,(H2,28,34)(H,31,36)(H,32,37)(H,33,35)(H,38,39). The summed E-state index contributed by atoms with van der Waals surface area (Å²) in [5.74, 6) is -4.42. The largest absolute Gasteiger partial charge is 0.480 e. The number of carbonyl (C=O) groups is 5. The second-order valence-electron chi connectivity index (χ2n) is 10.2. The molecule has 0 saturated heterocycles. The Morgan fingerprint density at radius 1 is 0.949 bits per heavy atom. The molecule has 0 bridgehead atoms. The fraction of sp³-hybridized carbons (Fsp3) is 0.519. The lowest BCUT2D eigenvalue weighted by atomic mass is 9.96. The molecular formula is C27H40N6O6. The molecule has 1 heterocycles. The van der Waals surface area contributed by atoms with E-state index in [1.165, 1.54) is 0 Å². The van der Waals surface area contributed by atoms with E-state index in [1.807, 2.05) is 31.2 Å². The van der Waals surface area contributed by atoms with E-state index >= 15 is 0 Å². The molecule has 39 heavy (non-hydrogen) atoms. The summed E-state index contributed by atoms with van der Waals surface area (Å²) in [4.78, 5) is 65.6. The lowest BCUT2D eigenvalue weighted by Crippen LogP contribution is -2.59. The van der Waals surface area contributed by atoms with Gasteiger partial charge >= 0.3 is 5.97 Å². The van der Waals surface area contributed by atoms with Crippen LogP contribution < -0.4 is 27.4 Å². The van der Waals surface area contributed by atoms with Crippen LogP contribution in [0.2, 0.25) is 0 Å². The van der Waals surface area contributed by atoms with Crippen LogP contribution in [0, 0.1) is 11.8 Å². The summed E-state index contributed by atoms with van der Waals surface area (Å²) in [6, 6.07) is 3.00. The second kappa shape index (κ2) is 14.3. The third-order valence-electron chi connectivity index (χ3n) is 6.84. The number of nitrogens with two attached hydrogens (primary N) is 2. The molecule has 4 amide bonds. The summed E-state index contributed by atoms with van der Waals surface area (Å²) in [7, 11) is 0. The number of carboxylic acid groups (broad SMARTS) is 1. The predicted octanol–water partition coefficient (Wildman–Crippen LogP) is 0.544. The minimum atomic E-state index is -1.26. The zero-order valence-corrected chi connectivity index (χ0v) is 22.8. The summed E-state index contributed by atoms with van der Waals surface area (Å²) in [5.41, 5.74) is 12.7. The Labute approximate surface area is 227 Å². The molecule has 0 spiro atoms. The first-order valence-corrected chi connectivity index (χ1v) is 13.1. The Hall–Kier alpha value is -3.93. The molecule has 0 fully saturated rings. The number of amides is 4. The minimum Gasteiger partial charge on any atom is -0.480 e. The van der Waals surface area contributed by atoms with Crippen LogP contribution in [0.1, 0.15) is 52.5 Å². The van der Waals surface area contributed by atoms with Gasteiger partial charge in [0.2, 0.25) is 23.6 Å². The maximum absolute atomic E-state index is 13.3. The Balaban J connectivity index is 2.21. The molecule has 12 nitrogen and oxygen atoms in total. The summed E-state index contributed by atoms with van der Waals surface area (Å²) < 4.78 is 0. The van der Waals surface area contributed by atoms with Crippen molar-refractivity contribution in [2.24, 2.45) is 23.3 Å². The predicted molar refractivity (Wildman–Crippen MR) is 146 cm³/mol. The van der Waals surface area contributed by atoms with Gasteiger partial charge in [0.25, 0.3) is 0 Å². The highest BCUT2D eigenvalue weighted by molar-refractivity contribution is 5.94. The van der Waals surface area contributed by atoms with Gasteiger partial charge in [-0.25, -0.2) is 4.79 Å². The quantitative estimate of drug-likeness (QED) is 0.169. The van der Waals surface area contributed by atoms with Gasteiger partial charge in [-0.15, -0.1) is 0 Å². The summed E-state index contributed by atoms with van der Waals surface area (Å²) in [5, 5.41) is 18.4. The lowest BCUT2D eigenvalue weighted by Gasteiger charge is -2.28. The third kappa shape index (κ3) is 8.81. The molecule has 1 aromatic heterocycles. The average molecular weight is 545 g/mol. The van der Waals surface area contributed by atoms with Crippen LogP contribution in [-0.4, -0.2) is 63.9 Å². The van der Waals surface area contributed by atoms with Crippen molar-refractivity contribution in [2.75, 3.05) is 0 Å². The van der Waals surface area contributed by atoms with Crippen molar-refractivity contribution >= 4 is 40.5 Å². The van der Waals surface area contributed by atoms with E-state index in [2.05, 4.69) is 20.9 Å². The van der Waals surface area contributed by atoms with Crippen LogP contribution >= 0.6 is 0 Å². The van der Waals surface area contributed by atoms with Gasteiger partial charge in [-0.2, -0.15) is 0 Å². The number of H-pyrrole nitrogens is 1. The van der Waals surface area contributed by atoms with Crippen molar-refractivity contribution in [1.82, 2.24) is 20.9 Å². The average Bonchev–Trinajstić information content (AvgIpc) is 3.30. The molecule has 2 aromatic rings. The normalized spacial score (nSPS) is 15.1. The van der Waals surface area contributed by atoms with Crippen LogP contribution in [0.3, 0.4) is 0 Å². The van der Waals surface area contributed by atoms with Crippen LogP contribution in [0.5, 0.6) is 0 Å². The molecule has 2 rings (SSSR count). The van der Waals surface area contributed by atoms with Crippen molar-refractivity contribution in [3.63, 3.8) is 0 Å². The van der Waals surface area contributed by atoms with Gasteiger partial charge in [-0.3, -0.25) is 19.2 Å². The fourth-order valence-corrected chi connectivity index (χ4v) is 4.06. The van der Waals surface area contributed by atoms with Crippen molar-refractivity contribution < 1.29 is 29.1 Å². The SMILES string of the molecule is CCC(C)C(NC(=O)C(CCC(N)=O)NC(=O)C(N)C(C)C)C(=O)NC(Cc1c[nH]c2ccccc12)C(=O)O. The van der Waals surface area contributed by atoms with Gasteiger partial charge in [-0.1, -0.05) is 52.3 Å². The monoisotopic (exact) mass is 544 g/mol. The maximum atomic E-state index is 13.3. The molecule has 0 saturated carbocycles. The van der Waals surface area contributed by atoms with Gasteiger partial charge in [-0.05, 0) is 29.9 Å². The van der Waals surface area contributed by atoms with Crippen LogP contribution in [0.25, 0.3) is 10.9 Å². The molecule has 5 unspecified atom stereocenters. The molecular weight excluding hydrogens is 504 g/mol. The molecule has 0 aliphatic heterocycles. The molecule has 0 aliphatic rings. The van der Waals surface area contributed by atoms with Gasteiger partial charge in [0.1, 0.15) is 18.1 Å². The number of hydrogen-bond donors (Lipinski definition) is 7. The number of aliphatic carboxylic acids is 1. The van der Waals surface area contributed by atoms with Crippen molar-refractivity contribution in [2.45, 2.75) is 77.5 Å². The van der Waals surface area contributed by atoms with Crippen LogP contribution in [0.4, 0.5) is 0 Å². The molecule has 0 aliphatic carbocycles. The van der Waals surface area contributed by atoms with Gasteiger partial charge < -0.3 is 37.5 Å². The van der Waals surface area contributed by atoms with E-state index in [4.69, 9.17) is 11.5 Å². The molecule has 0 radical (unpaired) electrons. The van der Waals surface area contributed by atoms with Crippen molar-refractivity contribution in [3.05, 3.63) is 36.0 Å². The van der Waals surface area contributed by atoms with E-state index in [1.54, 1.807) is 27.0 Å². The number of hydrogen-bond acceptors (Lipinski definition) is 6. The highest BCUT2D eigenvalue weighted by atomic mass is 16.4. The number of benzene rings is 1.